The Labute approximate surface area is 158 Å². The lowest BCUT2D eigenvalue weighted by atomic mass is 10.1. The second kappa shape index (κ2) is 9.02. The summed E-state index contributed by atoms with van der Waals surface area (Å²) in [5.74, 6) is 0.349. The first kappa shape index (κ1) is 20.2. The molecule has 26 heavy (non-hydrogen) atoms. The summed E-state index contributed by atoms with van der Waals surface area (Å²) in [6.45, 7) is 1.78. The SMILES string of the molecule is COc1cccc(CCNC(=O)CNS(=O)(=O)c2ccc(Cl)c(C)c2)c1. The molecule has 0 aliphatic carbocycles. The lowest BCUT2D eigenvalue weighted by Crippen LogP contribution is -2.37. The van der Waals surface area contributed by atoms with Gasteiger partial charge in [0.05, 0.1) is 18.6 Å². The third-order valence-electron chi connectivity index (χ3n) is 3.73. The van der Waals surface area contributed by atoms with E-state index in [-0.39, 0.29) is 11.4 Å². The normalized spacial score (nSPS) is 11.2. The van der Waals surface area contributed by atoms with Crippen molar-refractivity contribution in [1.82, 2.24) is 10.0 Å². The molecule has 6 nitrogen and oxygen atoms in total. The molecule has 0 unspecified atom stereocenters. The number of halogens is 1. The highest BCUT2D eigenvalue weighted by Gasteiger charge is 2.16. The van der Waals surface area contributed by atoms with Gasteiger partial charge in [-0.1, -0.05) is 23.7 Å². The molecule has 0 spiro atoms. The van der Waals surface area contributed by atoms with Gasteiger partial charge >= 0.3 is 0 Å². The van der Waals surface area contributed by atoms with Crippen LogP contribution in [0.3, 0.4) is 0 Å². The van der Waals surface area contributed by atoms with Crippen molar-refractivity contribution in [2.24, 2.45) is 0 Å². The van der Waals surface area contributed by atoms with Crippen molar-refractivity contribution in [1.29, 1.82) is 0 Å². The number of carbonyl (C=O) groups excluding carboxylic acids is 1. The molecule has 2 aromatic rings. The number of methoxy groups -OCH3 is 1. The van der Waals surface area contributed by atoms with E-state index in [1.807, 2.05) is 24.3 Å². The van der Waals surface area contributed by atoms with Crippen LogP contribution in [0.5, 0.6) is 5.75 Å². The number of rotatable bonds is 8. The first-order valence-corrected chi connectivity index (χ1v) is 9.83. The van der Waals surface area contributed by atoms with Crippen LogP contribution in [0.15, 0.2) is 47.4 Å². The molecule has 0 aliphatic rings. The van der Waals surface area contributed by atoms with Crippen LogP contribution in [0.25, 0.3) is 0 Å². The average Bonchev–Trinajstić information content (AvgIpc) is 2.62. The highest BCUT2D eigenvalue weighted by Crippen LogP contribution is 2.19. The molecule has 0 radical (unpaired) electrons. The topological polar surface area (TPSA) is 84.5 Å². The number of sulfonamides is 1. The van der Waals surface area contributed by atoms with Gasteiger partial charge in [-0.3, -0.25) is 4.79 Å². The van der Waals surface area contributed by atoms with Gasteiger partial charge in [-0.2, -0.15) is 0 Å². The van der Waals surface area contributed by atoms with Gasteiger partial charge in [-0.25, -0.2) is 13.1 Å². The summed E-state index contributed by atoms with van der Waals surface area (Å²) in [5, 5.41) is 3.17. The molecule has 0 bridgehead atoms. The van der Waals surface area contributed by atoms with Crippen molar-refractivity contribution >= 4 is 27.5 Å². The van der Waals surface area contributed by atoms with E-state index in [9.17, 15) is 13.2 Å². The number of amides is 1. The lowest BCUT2D eigenvalue weighted by Gasteiger charge is -2.09. The summed E-state index contributed by atoms with van der Waals surface area (Å²) >= 11 is 5.90. The molecule has 0 saturated carbocycles. The lowest BCUT2D eigenvalue weighted by molar-refractivity contribution is -0.119. The monoisotopic (exact) mass is 396 g/mol. The van der Waals surface area contributed by atoms with Gasteiger partial charge in [0.15, 0.2) is 0 Å². The van der Waals surface area contributed by atoms with Gasteiger partial charge in [0, 0.05) is 11.6 Å². The summed E-state index contributed by atoms with van der Waals surface area (Å²) in [6.07, 6.45) is 0.617. The largest absolute Gasteiger partial charge is 0.497 e. The Morgan fingerprint density at radius 2 is 1.96 bits per heavy atom. The molecule has 1 amide bonds. The quantitative estimate of drug-likeness (QED) is 0.717. The van der Waals surface area contributed by atoms with Crippen molar-refractivity contribution in [3.8, 4) is 5.75 Å². The van der Waals surface area contributed by atoms with Crippen LogP contribution in [-0.4, -0.2) is 34.5 Å². The molecule has 8 heteroatoms. The van der Waals surface area contributed by atoms with Gasteiger partial charge < -0.3 is 10.1 Å². The molecule has 2 aromatic carbocycles. The summed E-state index contributed by atoms with van der Waals surface area (Å²) < 4.78 is 31.9. The van der Waals surface area contributed by atoms with Gasteiger partial charge in [-0.15, -0.1) is 0 Å². The molecule has 2 rings (SSSR count). The van der Waals surface area contributed by atoms with Crippen molar-refractivity contribution < 1.29 is 17.9 Å². The van der Waals surface area contributed by atoms with E-state index in [4.69, 9.17) is 16.3 Å². The van der Waals surface area contributed by atoms with E-state index in [0.29, 0.717) is 23.6 Å². The van der Waals surface area contributed by atoms with E-state index >= 15 is 0 Å². The maximum atomic E-state index is 12.2. The second-order valence-corrected chi connectivity index (χ2v) is 7.86. The van der Waals surface area contributed by atoms with Crippen molar-refractivity contribution in [3.05, 3.63) is 58.6 Å². The minimum Gasteiger partial charge on any atom is -0.497 e. The Morgan fingerprint density at radius 3 is 2.65 bits per heavy atom. The predicted molar refractivity (Wildman–Crippen MR) is 101 cm³/mol. The van der Waals surface area contributed by atoms with E-state index in [0.717, 1.165) is 11.3 Å². The van der Waals surface area contributed by atoms with Crippen LogP contribution in [-0.2, 0) is 21.2 Å². The Balaban J connectivity index is 1.83. The fraction of sp³-hybridized carbons (Fsp3) is 0.278. The summed E-state index contributed by atoms with van der Waals surface area (Å²) in [7, 11) is -2.17. The number of nitrogens with one attached hydrogen (secondary N) is 2. The summed E-state index contributed by atoms with van der Waals surface area (Å²) in [4.78, 5) is 11.9. The molecular formula is C18H21ClN2O4S. The van der Waals surface area contributed by atoms with Gasteiger partial charge in [0.2, 0.25) is 15.9 Å². The standard InChI is InChI=1S/C18H21ClN2O4S/c1-13-10-16(6-7-17(13)19)26(23,24)21-12-18(22)20-9-8-14-4-3-5-15(11-14)25-2/h3-7,10-11,21H,8-9,12H2,1-2H3,(H,20,22). The average molecular weight is 397 g/mol. The molecule has 0 heterocycles. The highest BCUT2D eigenvalue weighted by molar-refractivity contribution is 7.89. The van der Waals surface area contributed by atoms with E-state index in [1.165, 1.54) is 18.2 Å². The van der Waals surface area contributed by atoms with Crippen LogP contribution in [0.4, 0.5) is 0 Å². The maximum Gasteiger partial charge on any atom is 0.241 e. The zero-order valence-electron chi connectivity index (χ0n) is 14.6. The maximum absolute atomic E-state index is 12.2. The zero-order valence-corrected chi connectivity index (χ0v) is 16.2. The molecule has 0 aliphatic heterocycles. The third kappa shape index (κ3) is 5.72. The second-order valence-electron chi connectivity index (χ2n) is 5.69. The van der Waals surface area contributed by atoms with E-state index < -0.39 is 15.9 Å². The predicted octanol–water partition coefficient (Wildman–Crippen LogP) is 2.29. The fourth-order valence-electron chi connectivity index (χ4n) is 2.26. The number of ether oxygens (including phenoxy) is 1. The number of hydrogen-bond acceptors (Lipinski definition) is 4. The summed E-state index contributed by atoms with van der Waals surface area (Å²) in [5.41, 5.74) is 1.67. The van der Waals surface area contributed by atoms with Gasteiger partial charge in [-0.05, 0) is 54.8 Å². The van der Waals surface area contributed by atoms with Crippen LogP contribution in [0, 0.1) is 6.92 Å². The van der Waals surface area contributed by atoms with E-state index in [1.54, 1.807) is 14.0 Å². The number of carbonyl (C=O) groups is 1. The minimum absolute atomic E-state index is 0.0728. The Kier molecular flexibility index (Phi) is 7.02. The molecule has 0 saturated heterocycles. The van der Waals surface area contributed by atoms with Crippen molar-refractivity contribution in [2.75, 3.05) is 20.2 Å². The number of aryl methyl sites for hydroxylation is 1. The van der Waals surface area contributed by atoms with Crippen LogP contribution < -0.4 is 14.8 Å². The molecule has 2 N–H and O–H groups in total. The first-order valence-electron chi connectivity index (χ1n) is 7.97. The summed E-state index contributed by atoms with van der Waals surface area (Å²) in [6, 6.07) is 11.9. The number of benzene rings is 2. The fourth-order valence-corrected chi connectivity index (χ4v) is 3.45. The minimum atomic E-state index is -3.77. The van der Waals surface area contributed by atoms with Gasteiger partial charge in [0.25, 0.3) is 0 Å². The van der Waals surface area contributed by atoms with Crippen molar-refractivity contribution in [2.45, 2.75) is 18.2 Å². The van der Waals surface area contributed by atoms with E-state index in [2.05, 4.69) is 10.0 Å². The Hall–Kier alpha value is -2.09. The smallest absolute Gasteiger partial charge is 0.241 e. The molecular weight excluding hydrogens is 376 g/mol. The Morgan fingerprint density at radius 1 is 1.19 bits per heavy atom. The van der Waals surface area contributed by atoms with Crippen LogP contribution in [0.2, 0.25) is 5.02 Å². The van der Waals surface area contributed by atoms with Crippen LogP contribution >= 0.6 is 11.6 Å². The van der Waals surface area contributed by atoms with Gasteiger partial charge in [0.1, 0.15) is 5.75 Å². The number of hydrogen-bond donors (Lipinski definition) is 2. The zero-order chi connectivity index (χ0) is 19.2. The molecule has 0 atom stereocenters. The Bertz CT molecular complexity index is 885. The first-order chi connectivity index (χ1) is 12.3. The third-order valence-corrected chi connectivity index (χ3v) is 5.56. The molecule has 0 aromatic heterocycles. The molecule has 0 fully saturated rings. The van der Waals surface area contributed by atoms with Crippen molar-refractivity contribution in [3.63, 3.8) is 0 Å². The molecule has 140 valence electrons. The van der Waals surface area contributed by atoms with Crippen LogP contribution in [0.1, 0.15) is 11.1 Å². The highest BCUT2D eigenvalue weighted by atomic mass is 35.5.